The fourth-order valence-corrected chi connectivity index (χ4v) is 4.64. The maximum Gasteiger partial charge on any atom is 0.243 e. The van der Waals surface area contributed by atoms with Crippen LogP contribution in [0.3, 0.4) is 0 Å². The second kappa shape index (κ2) is 8.85. The first-order valence-corrected chi connectivity index (χ1v) is 10.5. The number of hydrogen-bond donors (Lipinski definition) is 0. The number of benzene rings is 2. The van der Waals surface area contributed by atoms with Crippen molar-refractivity contribution in [3.05, 3.63) is 53.4 Å². The molecule has 0 spiro atoms. The quantitative estimate of drug-likeness (QED) is 0.649. The first-order chi connectivity index (χ1) is 14.3. The molecule has 2 aromatic carbocycles. The molecule has 0 saturated carbocycles. The molecule has 160 valence electrons. The lowest BCUT2D eigenvalue weighted by Gasteiger charge is -2.27. The smallest absolute Gasteiger partial charge is 0.243 e. The van der Waals surface area contributed by atoms with Gasteiger partial charge in [-0.1, -0.05) is 0 Å². The summed E-state index contributed by atoms with van der Waals surface area (Å²) in [5.74, 6) is 0.586. The summed E-state index contributed by atoms with van der Waals surface area (Å²) in [5, 5.41) is 0. The molecule has 7 nitrogen and oxygen atoms in total. The molecule has 0 radical (unpaired) electrons. The van der Waals surface area contributed by atoms with Crippen molar-refractivity contribution < 1.29 is 31.8 Å². The van der Waals surface area contributed by atoms with Crippen molar-refractivity contribution in [2.24, 2.45) is 0 Å². The standard InChI is InChI=1S/C21H22FNO6S/c1-27-19-11-14(12-20(28-2)21(19)29-3)10-15-13-23(9-8-18(15)24)30(25,26)17-6-4-16(22)5-7-17/h4-7,10-12H,8-9,13H2,1-3H3. The molecule has 0 aromatic heterocycles. The number of carbonyl (C=O) groups excluding carboxylic acids is 1. The van der Waals surface area contributed by atoms with Crippen molar-refractivity contribution >= 4 is 21.9 Å². The maximum atomic E-state index is 13.2. The highest BCUT2D eigenvalue weighted by Crippen LogP contribution is 2.39. The van der Waals surface area contributed by atoms with E-state index >= 15 is 0 Å². The van der Waals surface area contributed by atoms with Gasteiger partial charge in [0.05, 0.1) is 26.2 Å². The fourth-order valence-electron chi connectivity index (χ4n) is 3.22. The molecule has 1 heterocycles. The predicted molar refractivity (Wildman–Crippen MR) is 109 cm³/mol. The largest absolute Gasteiger partial charge is 0.493 e. The highest BCUT2D eigenvalue weighted by molar-refractivity contribution is 7.89. The molecule has 0 bridgehead atoms. The van der Waals surface area contributed by atoms with E-state index in [0.717, 1.165) is 12.1 Å². The van der Waals surface area contributed by atoms with E-state index in [1.54, 1.807) is 18.2 Å². The van der Waals surface area contributed by atoms with Crippen molar-refractivity contribution in [3.8, 4) is 17.2 Å². The van der Waals surface area contributed by atoms with Crippen molar-refractivity contribution in [2.75, 3.05) is 34.4 Å². The third-order valence-electron chi connectivity index (χ3n) is 4.77. The number of hydrogen-bond acceptors (Lipinski definition) is 6. The summed E-state index contributed by atoms with van der Waals surface area (Å²) >= 11 is 0. The monoisotopic (exact) mass is 435 g/mol. The highest BCUT2D eigenvalue weighted by atomic mass is 32.2. The molecule has 1 fully saturated rings. The molecule has 9 heteroatoms. The number of piperidine rings is 1. The third-order valence-corrected chi connectivity index (χ3v) is 6.63. The Morgan fingerprint density at radius 3 is 2.13 bits per heavy atom. The lowest BCUT2D eigenvalue weighted by atomic mass is 10.0. The first-order valence-electron chi connectivity index (χ1n) is 9.09. The van der Waals surface area contributed by atoms with Gasteiger partial charge in [-0.15, -0.1) is 0 Å². The van der Waals surface area contributed by atoms with E-state index in [9.17, 15) is 17.6 Å². The zero-order chi connectivity index (χ0) is 21.9. The minimum absolute atomic E-state index is 0.0228. The number of ether oxygens (including phenoxy) is 3. The number of nitrogens with zero attached hydrogens (tertiary/aromatic N) is 1. The van der Waals surface area contributed by atoms with E-state index < -0.39 is 15.8 Å². The SMILES string of the molecule is COc1cc(C=C2CN(S(=O)(=O)c3ccc(F)cc3)CCC2=O)cc(OC)c1OC. The van der Waals surface area contributed by atoms with Gasteiger partial charge < -0.3 is 14.2 Å². The average Bonchev–Trinajstić information content (AvgIpc) is 2.74. The molecule has 2 aromatic rings. The summed E-state index contributed by atoms with van der Waals surface area (Å²) in [6.07, 6.45) is 1.66. The Hall–Kier alpha value is -2.91. The second-order valence-electron chi connectivity index (χ2n) is 6.59. The van der Waals surface area contributed by atoms with Gasteiger partial charge in [0.1, 0.15) is 5.82 Å². The Balaban J connectivity index is 1.95. The molecule has 1 aliphatic rings. The molecule has 3 rings (SSSR count). The van der Waals surface area contributed by atoms with Crippen LogP contribution in [0, 0.1) is 5.82 Å². The second-order valence-corrected chi connectivity index (χ2v) is 8.53. The van der Waals surface area contributed by atoms with Crippen molar-refractivity contribution in [3.63, 3.8) is 0 Å². The van der Waals surface area contributed by atoms with Gasteiger partial charge in [-0.05, 0) is 48.0 Å². The van der Waals surface area contributed by atoms with Gasteiger partial charge >= 0.3 is 0 Å². The lowest BCUT2D eigenvalue weighted by Crippen LogP contribution is -2.40. The Labute approximate surface area is 174 Å². The fraction of sp³-hybridized carbons (Fsp3) is 0.286. The Kier molecular flexibility index (Phi) is 6.42. The zero-order valence-corrected chi connectivity index (χ0v) is 17.7. The number of ketones is 1. The van der Waals surface area contributed by atoms with Crippen LogP contribution in [0.2, 0.25) is 0 Å². The molecular formula is C21H22FNO6S. The average molecular weight is 435 g/mol. The Bertz CT molecular complexity index is 1050. The summed E-state index contributed by atoms with van der Waals surface area (Å²) in [6, 6.07) is 7.96. The molecule has 1 aliphatic heterocycles. The number of methoxy groups -OCH3 is 3. The van der Waals surface area contributed by atoms with Gasteiger partial charge in [0.2, 0.25) is 15.8 Å². The highest BCUT2D eigenvalue weighted by Gasteiger charge is 2.31. The predicted octanol–water partition coefficient (Wildman–Crippen LogP) is 2.90. The number of Topliss-reactive ketones (excluding diaryl/α,β-unsaturated/α-hetero) is 1. The van der Waals surface area contributed by atoms with Gasteiger partial charge in [-0.3, -0.25) is 4.79 Å². The summed E-state index contributed by atoms with van der Waals surface area (Å²) < 4.78 is 56.1. The summed E-state index contributed by atoms with van der Waals surface area (Å²) in [5.41, 5.74) is 0.940. The van der Waals surface area contributed by atoms with E-state index in [1.807, 2.05) is 0 Å². The van der Waals surface area contributed by atoms with E-state index in [4.69, 9.17) is 14.2 Å². The van der Waals surface area contributed by atoms with Gasteiger partial charge in [0.15, 0.2) is 17.3 Å². The summed E-state index contributed by atoms with van der Waals surface area (Å²) in [7, 11) is 0.594. The van der Waals surface area contributed by atoms with Crippen LogP contribution < -0.4 is 14.2 Å². The van der Waals surface area contributed by atoms with Crippen molar-refractivity contribution in [2.45, 2.75) is 11.3 Å². The van der Waals surface area contributed by atoms with Crippen LogP contribution in [0.1, 0.15) is 12.0 Å². The molecule has 0 amide bonds. The normalized spacial score (nSPS) is 16.5. The minimum Gasteiger partial charge on any atom is -0.493 e. The number of sulfonamides is 1. The first kappa shape index (κ1) is 21.8. The van der Waals surface area contributed by atoms with E-state index in [1.165, 1.54) is 37.8 Å². The molecule has 0 N–H and O–H groups in total. The summed E-state index contributed by atoms with van der Waals surface area (Å²) in [4.78, 5) is 12.4. The van der Waals surface area contributed by atoms with E-state index in [2.05, 4.69) is 0 Å². The maximum absolute atomic E-state index is 13.2. The zero-order valence-electron chi connectivity index (χ0n) is 16.8. The Morgan fingerprint density at radius 2 is 1.60 bits per heavy atom. The lowest BCUT2D eigenvalue weighted by molar-refractivity contribution is -0.116. The van der Waals surface area contributed by atoms with Crippen LogP contribution >= 0.6 is 0 Å². The minimum atomic E-state index is -3.86. The molecular weight excluding hydrogens is 413 g/mol. The molecule has 1 saturated heterocycles. The van der Waals surface area contributed by atoms with E-state index in [0.29, 0.717) is 28.4 Å². The van der Waals surface area contributed by atoms with Crippen LogP contribution in [0.5, 0.6) is 17.2 Å². The Morgan fingerprint density at radius 1 is 1.00 bits per heavy atom. The number of carbonyl (C=O) groups is 1. The van der Waals surface area contributed by atoms with Gasteiger partial charge in [-0.25, -0.2) is 12.8 Å². The molecule has 30 heavy (non-hydrogen) atoms. The van der Waals surface area contributed by atoms with Crippen molar-refractivity contribution in [1.29, 1.82) is 0 Å². The topological polar surface area (TPSA) is 82.1 Å². The van der Waals surface area contributed by atoms with Crippen LogP contribution in [0.4, 0.5) is 4.39 Å². The van der Waals surface area contributed by atoms with E-state index in [-0.39, 0.29) is 30.2 Å². The van der Waals surface area contributed by atoms with Crippen molar-refractivity contribution in [1.82, 2.24) is 4.31 Å². The van der Waals surface area contributed by atoms with Gasteiger partial charge in [0.25, 0.3) is 0 Å². The van der Waals surface area contributed by atoms with Gasteiger partial charge in [0, 0.05) is 25.1 Å². The number of rotatable bonds is 6. The molecule has 0 unspecified atom stereocenters. The van der Waals surface area contributed by atoms with Crippen LogP contribution in [-0.4, -0.2) is 52.9 Å². The molecule has 0 aliphatic carbocycles. The van der Waals surface area contributed by atoms with Crippen LogP contribution in [0.15, 0.2) is 46.9 Å². The van der Waals surface area contributed by atoms with Crippen LogP contribution in [0.25, 0.3) is 6.08 Å². The third kappa shape index (κ3) is 4.31. The number of halogens is 1. The molecule has 0 atom stereocenters. The van der Waals surface area contributed by atoms with Crippen LogP contribution in [-0.2, 0) is 14.8 Å². The van der Waals surface area contributed by atoms with Gasteiger partial charge in [-0.2, -0.15) is 4.31 Å². The summed E-state index contributed by atoms with van der Waals surface area (Å²) in [6.45, 7) is -0.0274.